The lowest BCUT2D eigenvalue weighted by atomic mass is 9.77. The molecular formula is C31H36F6O. The predicted octanol–water partition coefficient (Wildman–Crippen LogP) is 10.3. The Bertz CT molecular complexity index is 1100. The smallest absolute Gasteiger partial charge is 0.399 e. The lowest BCUT2D eigenvalue weighted by Gasteiger charge is -2.29. The van der Waals surface area contributed by atoms with Gasteiger partial charge in [0.2, 0.25) is 5.75 Å². The van der Waals surface area contributed by atoms with E-state index < -0.39 is 29.6 Å². The van der Waals surface area contributed by atoms with Gasteiger partial charge in [0.15, 0.2) is 11.6 Å². The maximum atomic E-state index is 15.4. The van der Waals surface area contributed by atoms with E-state index in [1.54, 1.807) is 6.07 Å². The molecule has 0 unspecified atom stereocenters. The van der Waals surface area contributed by atoms with Gasteiger partial charge in [0, 0.05) is 5.56 Å². The molecule has 7 heteroatoms. The molecule has 4 rings (SSSR count). The first kappa shape index (κ1) is 28.6. The molecule has 0 heterocycles. The van der Waals surface area contributed by atoms with E-state index in [2.05, 4.69) is 17.7 Å². The molecule has 38 heavy (non-hydrogen) atoms. The third kappa shape index (κ3) is 7.35. The average Bonchev–Trinajstić information content (AvgIpc) is 2.88. The van der Waals surface area contributed by atoms with Crippen LogP contribution in [0.5, 0.6) is 5.75 Å². The first-order valence-electron chi connectivity index (χ1n) is 13.9. The highest BCUT2D eigenvalue weighted by Gasteiger charge is 2.34. The maximum absolute atomic E-state index is 15.4. The standard InChI is InChI=1S/C31H36F6O/c1-2-3-4-5-6-20-7-9-21(10-8-20)11-12-22-13-15-25-23(17-22)14-16-26(29(25)34)24-18-27(32)30(28(33)19-24)38-31(35,36)37/h13-14,16,18-21H,2-12,15,17H2,1H3. The van der Waals surface area contributed by atoms with Crippen LogP contribution in [0.3, 0.4) is 0 Å². The minimum atomic E-state index is -5.24. The molecule has 0 aliphatic heterocycles. The van der Waals surface area contributed by atoms with Crippen molar-refractivity contribution in [3.05, 3.63) is 64.5 Å². The van der Waals surface area contributed by atoms with Gasteiger partial charge in [0.1, 0.15) is 5.82 Å². The summed E-state index contributed by atoms with van der Waals surface area (Å²) in [7, 11) is 0. The van der Waals surface area contributed by atoms with Crippen molar-refractivity contribution in [2.24, 2.45) is 11.8 Å². The summed E-state index contributed by atoms with van der Waals surface area (Å²) in [5, 5.41) is 0. The first-order valence-corrected chi connectivity index (χ1v) is 13.9. The van der Waals surface area contributed by atoms with Gasteiger partial charge in [0.05, 0.1) is 0 Å². The molecule has 0 atom stereocenters. The molecule has 208 valence electrons. The minimum absolute atomic E-state index is 0.0524. The monoisotopic (exact) mass is 538 g/mol. The van der Waals surface area contributed by atoms with Gasteiger partial charge < -0.3 is 4.74 Å². The van der Waals surface area contributed by atoms with Crippen molar-refractivity contribution in [3.63, 3.8) is 0 Å². The van der Waals surface area contributed by atoms with Crippen LogP contribution in [0.25, 0.3) is 11.1 Å². The van der Waals surface area contributed by atoms with Crippen LogP contribution in [-0.4, -0.2) is 6.36 Å². The Balaban J connectivity index is 1.34. The molecule has 2 aliphatic carbocycles. The fourth-order valence-corrected chi connectivity index (χ4v) is 6.01. The highest BCUT2D eigenvalue weighted by Crippen LogP contribution is 2.38. The Labute approximate surface area is 221 Å². The number of hydrogen-bond donors (Lipinski definition) is 0. The zero-order valence-corrected chi connectivity index (χ0v) is 21.9. The normalized spacial score (nSPS) is 19.7. The number of rotatable bonds is 10. The fraction of sp³-hybridized carbons (Fsp3) is 0.548. The van der Waals surface area contributed by atoms with Crippen molar-refractivity contribution >= 4 is 0 Å². The second kappa shape index (κ2) is 12.6. The van der Waals surface area contributed by atoms with Gasteiger partial charge in [-0.25, -0.2) is 13.2 Å². The molecular weight excluding hydrogens is 502 g/mol. The van der Waals surface area contributed by atoms with Gasteiger partial charge in [-0.15, -0.1) is 13.2 Å². The molecule has 0 N–H and O–H groups in total. The highest BCUT2D eigenvalue weighted by atomic mass is 19.4. The van der Waals surface area contributed by atoms with E-state index in [4.69, 9.17) is 0 Å². The van der Waals surface area contributed by atoms with Crippen LogP contribution in [0.15, 0.2) is 35.9 Å². The number of benzene rings is 2. The quantitative estimate of drug-likeness (QED) is 0.166. The van der Waals surface area contributed by atoms with E-state index in [0.29, 0.717) is 30.5 Å². The Morgan fingerprint density at radius 2 is 1.53 bits per heavy atom. The summed E-state index contributed by atoms with van der Waals surface area (Å²) in [6.45, 7) is 2.24. The number of unbranched alkanes of at least 4 members (excludes halogenated alkanes) is 3. The van der Waals surface area contributed by atoms with Crippen LogP contribution >= 0.6 is 0 Å². The van der Waals surface area contributed by atoms with Crippen LogP contribution in [0.4, 0.5) is 26.3 Å². The summed E-state index contributed by atoms with van der Waals surface area (Å²) in [6, 6.07) is 4.52. The van der Waals surface area contributed by atoms with Crippen LogP contribution < -0.4 is 4.74 Å². The summed E-state index contributed by atoms with van der Waals surface area (Å²) in [4.78, 5) is 0. The summed E-state index contributed by atoms with van der Waals surface area (Å²) < 4.78 is 84.5. The molecule has 0 saturated heterocycles. The van der Waals surface area contributed by atoms with Gasteiger partial charge in [-0.1, -0.05) is 88.5 Å². The Morgan fingerprint density at radius 3 is 2.16 bits per heavy atom. The summed E-state index contributed by atoms with van der Waals surface area (Å²) >= 11 is 0. The first-order chi connectivity index (χ1) is 18.1. The van der Waals surface area contributed by atoms with Gasteiger partial charge in [0.25, 0.3) is 0 Å². The van der Waals surface area contributed by atoms with E-state index in [1.165, 1.54) is 69.4 Å². The third-order valence-electron chi connectivity index (χ3n) is 8.19. The van der Waals surface area contributed by atoms with Gasteiger partial charge in [-0.05, 0) is 66.3 Å². The predicted molar refractivity (Wildman–Crippen MR) is 137 cm³/mol. The maximum Gasteiger partial charge on any atom is 0.573 e. The summed E-state index contributed by atoms with van der Waals surface area (Å²) in [5.74, 6) is -3.59. The van der Waals surface area contributed by atoms with E-state index in [9.17, 15) is 22.0 Å². The molecule has 1 fully saturated rings. The largest absolute Gasteiger partial charge is 0.573 e. The number of ether oxygens (including phenoxy) is 1. The number of halogens is 6. The van der Waals surface area contributed by atoms with E-state index in [0.717, 1.165) is 30.2 Å². The Kier molecular flexibility index (Phi) is 9.48. The molecule has 1 saturated carbocycles. The number of fused-ring (bicyclic) bond motifs is 1. The number of hydrogen-bond acceptors (Lipinski definition) is 1. The SMILES string of the molecule is CCCCCCC1CCC(CCC2=CCc3c(ccc(-c4cc(F)c(OC(F)(F)F)c(F)c4)c3F)C2)CC1. The molecule has 2 aromatic carbocycles. The van der Waals surface area contributed by atoms with Crippen molar-refractivity contribution in [2.45, 2.75) is 96.8 Å². The number of alkyl halides is 3. The second-order valence-electron chi connectivity index (χ2n) is 10.9. The zero-order valence-electron chi connectivity index (χ0n) is 21.9. The van der Waals surface area contributed by atoms with E-state index in [-0.39, 0.29) is 11.1 Å². The molecule has 0 bridgehead atoms. The lowest BCUT2D eigenvalue weighted by Crippen LogP contribution is -2.19. The van der Waals surface area contributed by atoms with Crippen molar-refractivity contribution < 1.29 is 31.1 Å². The molecule has 0 amide bonds. The molecule has 0 spiro atoms. The topological polar surface area (TPSA) is 9.23 Å². The molecule has 2 aromatic rings. The molecule has 0 radical (unpaired) electrons. The van der Waals surface area contributed by atoms with Crippen LogP contribution in [0, 0.1) is 29.3 Å². The average molecular weight is 539 g/mol. The lowest BCUT2D eigenvalue weighted by molar-refractivity contribution is -0.276. The van der Waals surface area contributed by atoms with Crippen LogP contribution in [0.2, 0.25) is 0 Å². The Morgan fingerprint density at radius 1 is 0.868 bits per heavy atom. The van der Waals surface area contributed by atoms with Gasteiger partial charge in [-0.3, -0.25) is 0 Å². The van der Waals surface area contributed by atoms with Crippen molar-refractivity contribution in [1.29, 1.82) is 0 Å². The third-order valence-corrected chi connectivity index (χ3v) is 8.19. The molecule has 2 aliphatic rings. The van der Waals surface area contributed by atoms with Gasteiger partial charge in [-0.2, -0.15) is 0 Å². The second-order valence-corrected chi connectivity index (χ2v) is 10.9. The molecule has 1 nitrogen and oxygen atoms in total. The van der Waals surface area contributed by atoms with Crippen molar-refractivity contribution in [1.82, 2.24) is 0 Å². The van der Waals surface area contributed by atoms with Gasteiger partial charge >= 0.3 is 6.36 Å². The van der Waals surface area contributed by atoms with E-state index >= 15 is 4.39 Å². The van der Waals surface area contributed by atoms with Crippen molar-refractivity contribution in [2.75, 3.05) is 0 Å². The molecule has 0 aromatic heterocycles. The minimum Gasteiger partial charge on any atom is -0.399 e. The Hall–Kier alpha value is -2.44. The van der Waals surface area contributed by atoms with Crippen LogP contribution in [0.1, 0.15) is 88.7 Å². The number of allylic oxidation sites excluding steroid dienone is 2. The van der Waals surface area contributed by atoms with Crippen molar-refractivity contribution in [3.8, 4) is 16.9 Å². The summed E-state index contributed by atoms with van der Waals surface area (Å²) in [6.07, 6.45) is 11.9. The highest BCUT2D eigenvalue weighted by molar-refractivity contribution is 5.67. The van der Waals surface area contributed by atoms with E-state index in [1.807, 2.05) is 0 Å². The zero-order chi connectivity index (χ0) is 27.3. The summed E-state index contributed by atoms with van der Waals surface area (Å²) in [5.41, 5.74) is 2.37. The van der Waals surface area contributed by atoms with Crippen LogP contribution in [-0.2, 0) is 12.8 Å². The fourth-order valence-electron chi connectivity index (χ4n) is 6.01.